The number of amides is 1. The minimum atomic E-state index is -0.453. The van der Waals surface area contributed by atoms with E-state index in [4.69, 9.17) is 14.2 Å². The molecule has 4 aromatic rings. The number of rotatable bonds is 11. The Morgan fingerprint density at radius 2 is 1.84 bits per heavy atom. The molecule has 11 heteroatoms. The van der Waals surface area contributed by atoms with Gasteiger partial charge in [-0.05, 0) is 52.7 Å². The van der Waals surface area contributed by atoms with Crippen LogP contribution in [0.15, 0.2) is 82.5 Å². The highest BCUT2D eigenvalue weighted by molar-refractivity contribution is 9.10. The number of benzene rings is 3. The molecule has 0 radical (unpaired) electrons. The summed E-state index contributed by atoms with van der Waals surface area (Å²) in [6.45, 7) is 2.11. The Bertz CT molecular complexity index is 1490. The van der Waals surface area contributed by atoms with Crippen LogP contribution in [0, 0.1) is 10.1 Å². The van der Waals surface area contributed by atoms with E-state index in [0.29, 0.717) is 45.0 Å². The zero-order chi connectivity index (χ0) is 26.9. The molecule has 0 aliphatic rings. The van der Waals surface area contributed by atoms with E-state index in [9.17, 15) is 14.9 Å². The summed E-state index contributed by atoms with van der Waals surface area (Å²) in [6.07, 6.45) is 3.13. The molecule has 0 saturated carbocycles. The fourth-order valence-electron chi connectivity index (χ4n) is 3.49. The third kappa shape index (κ3) is 6.83. The molecular formula is C27H23BrN4O6. The number of ether oxygens (including phenoxy) is 3. The molecule has 1 amide bonds. The number of para-hydroxylation sites is 1. The van der Waals surface area contributed by atoms with Crippen LogP contribution in [0.5, 0.6) is 17.2 Å². The van der Waals surface area contributed by atoms with E-state index < -0.39 is 10.8 Å². The normalized spacial score (nSPS) is 10.9. The summed E-state index contributed by atoms with van der Waals surface area (Å²) >= 11 is 3.48. The maximum atomic E-state index is 12.3. The van der Waals surface area contributed by atoms with Gasteiger partial charge < -0.3 is 14.2 Å². The average Bonchev–Trinajstić information content (AvgIpc) is 2.92. The van der Waals surface area contributed by atoms with E-state index in [-0.39, 0.29) is 18.9 Å². The van der Waals surface area contributed by atoms with E-state index in [1.807, 2.05) is 31.2 Å². The number of carbonyl (C=O) groups is 1. The first-order valence-electron chi connectivity index (χ1n) is 11.6. The van der Waals surface area contributed by atoms with Gasteiger partial charge >= 0.3 is 0 Å². The van der Waals surface area contributed by atoms with E-state index >= 15 is 0 Å². The highest BCUT2D eigenvalue weighted by Gasteiger charge is 2.12. The first kappa shape index (κ1) is 26.6. The summed E-state index contributed by atoms with van der Waals surface area (Å²) in [5, 5.41) is 15.9. The number of hydrogen-bond acceptors (Lipinski definition) is 8. The molecule has 38 heavy (non-hydrogen) atoms. The smallest absolute Gasteiger partial charge is 0.277 e. The minimum absolute atomic E-state index is 0.00916. The van der Waals surface area contributed by atoms with E-state index in [1.165, 1.54) is 18.3 Å². The quantitative estimate of drug-likeness (QED) is 0.143. The number of non-ortho nitro benzene ring substituents is 1. The molecule has 1 aromatic heterocycles. The van der Waals surface area contributed by atoms with Gasteiger partial charge in [-0.15, -0.1) is 0 Å². The van der Waals surface area contributed by atoms with Crippen molar-refractivity contribution < 1.29 is 23.9 Å². The molecule has 0 bridgehead atoms. The third-order valence-corrected chi connectivity index (χ3v) is 5.91. The van der Waals surface area contributed by atoms with Crippen molar-refractivity contribution in [3.05, 3.63) is 98.6 Å². The summed E-state index contributed by atoms with van der Waals surface area (Å²) in [7, 11) is 0. The van der Waals surface area contributed by atoms with Gasteiger partial charge in [-0.1, -0.05) is 30.3 Å². The number of fused-ring (bicyclic) bond motifs is 1. The van der Waals surface area contributed by atoms with Gasteiger partial charge in [-0.3, -0.25) is 19.9 Å². The van der Waals surface area contributed by atoms with Crippen LogP contribution in [-0.4, -0.2) is 35.2 Å². The number of hydrogen-bond donors (Lipinski definition) is 1. The third-order valence-electron chi connectivity index (χ3n) is 5.23. The van der Waals surface area contributed by atoms with Crippen molar-refractivity contribution >= 4 is 44.6 Å². The van der Waals surface area contributed by atoms with Gasteiger partial charge in [0.1, 0.15) is 17.9 Å². The number of halogens is 1. The van der Waals surface area contributed by atoms with Crippen molar-refractivity contribution in [2.45, 2.75) is 13.5 Å². The van der Waals surface area contributed by atoms with Crippen molar-refractivity contribution in [1.29, 1.82) is 0 Å². The fraction of sp³-hybridized carbons (Fsp3) is 0.148. The lowest BCUT2D eigenvalue weighted by molar-refractivity contribution is -0.384. The van der Waals surface area contributed by atoms with Gasteiger partial charge in [0.2, 0.25) is 0 Å². The Hall–Kier alpha value is -4.51. The number of aromatic nitrogens is 1. The Kier molecular flexibility index (Phi) is 8.83. The van der Waals surface area contributed by atoms with Crippen LogP contribution >= 0.6 is 15.9 Å². The Labute approximate surface area is 226 Å². The van der Waals surface area contributed by atoms with Crippen LogP contribution in [0.4, 0.5) is 5.69 Å². The molecule has 0 unspecified atom stereocenters. The summed E-state index contributed by atoms with van der Waals surface area (Å²) in [6, 6.07) is 18.9. The van der Waals surface area contributed by atoms with Gasteiger partial charge in [0.25, 0.3) is 11.6 Å². The maximum Gasteiger partial charge on any atom is 0.277 e. The topological polar surface area (TPSA) is 125 Å². The van der Waals surface area contributed by atoms with Crippen LogP contribution in [0.1, 0.15) is 18.1 Å². The van der Waals surface area contributed by atoms with E-state index in [2.05, 4.69) is 31.4 Å². The van der Waals surface area contributed by atoms with E-state index in [0.717, 1.165) is 5.39 Å². The van der Waals surface area contributed by atoms with Crippen molar-refractivity contribution in [3.8, 4) is 17.2 Å². The second-order valence-corrected chi connectivity index (χ2v) is 8.74. The molecule has 0 aliphatic carbocycles. The Balaban J connectivity index is 1.38. The molecular weight excluding hydrogens is 556 g/mol. The highest BCUT2D eigenvalue weighted by Crippen LogP contribution is 2.34. The molecule has 4 rings (SSSR count). The van der Waals surface area contributed by atoms with Crippen molar-refractivity contribution in [2.75, 3.05) is 13.2 Å². The molecule has 0 saturated heterocycles. The Morgan fingerprint density at radius 3 is 2.66 bits per heavy atom. The molecule has 0 fully saturated rings. The number of carbonyl (C=O) groups excluding carboxylic acids is 1. The number of nitrogens with zero attached hydrogens (tertiary/aromatic N) is 3. The molecule has 1 N–H and O–H groups in total. The van der Waals surface area contributed by atoms with Crippen LogP contribution in [-0.2, 0) is 11.4 Å². The monoisotopic (exact) mass is 578 g/mol. The SMILES string of the molecule is CCOc1cc(/C=N/NC(=O)COc2cccc3cccnc23)c(Br)cc1OCc1cccc([N+](=O)[O-])c1. The molecule has 1 heterocycles. The zero-order valence-electron chi connectivity index (χ0n) is 20.3. The number of nitrogens with one attached hydrogen (secondary N) is 1. The predicted octanol–water partition coefficient (Wildman–Crippen LogP) is 5.41. The highest BCUT2D eigenvalue weighted by atomic mass is 79.9. The minimum Gasteiger partial charge on any atom is -0.490 e. The number of nitro groups is 1. The molecule has 0 atom stereocenters. The molecule has 3 aromatic carbocycles. The van der Waals surface area contributed by atoms with Crippen LogP contribution in [0.25, 0.3) is 10.9 Å². The number of pyridine rings is 1. The second kappa shape index (κ2) is 12.6. The Morgan fingerprint density at radius 1 is 1.05 bits per heavy atom. The fourth-order valence-corrected chi connectivity index (χ4v) is 3.92. The average molecular weight is 579 g/mol. The van der Waals surface area contributed by atoms with Crippen LogP contribution in [0.3, 0.4) is 0 Å². The standard InChI is InChI=1S/C27H23BrN4O6/c1-2-36-24-13-20(22(28)14-25(24)37-16-18-6-3-9-21(12-18)32(34)35)15-30-31-26(33)17-38-23-10-4-7-19-8-5-11-29-27(19)23/h3-15H,2,16-17H2,1H3,(H,31,33)/b30-15+. The van der Waals surface area contributed by atoms with Gasteiger partial charge in [0.15, 0.2) is 18.1 Å². The first-order chi connectivity index (χ1) is 18.4. The summed E-state index contributed by atoms with van der Waals surface area (Å²) in [5.74, 6) is 0.975. The predicted molar refractivity (Wildman–Crippen MR) is 146 cm³/mol. The van der Waals surface area contributed by atoms with Crippen molar-refractivity contribution in [3.63, 3.8) is 0 Å². The largest absolute Gasteiger partial charge is 0.490 e. The summed E-state index contributed by atoms with van der Waals surface area (Å²) in [5.41, 5.74) is 4.39. The molecule has 0 aliphatic heterocycles. The summed E-state index contributed by atoms with van der Waals surface area (Å²) in [4.78, 5) is 27.1. The number of hydrazone groups is 1. The van der Waals surface area contributed by atoms with Crippen molar-refractivity contribution in [2.24, 2.45) is 5.10 Å². The number of nitro benzene ring substituents is 1. The lowest BCUT2D eigenvalue weighted by Crippen LogP contribution is -2.24. The second-order valence-electron chi connectivity index (χ2n) is 7.88. The molecule has 0 spiro atoms. The van der Waals surface area contributed by atoms with Gasteiger partial charge in [-0.2, -0.15) is 5.10 Å². The zero-order valence-corrected chi connectivity index (χ0v) is 21.9. The maximum absolute atomic E-state index is 12.3. The van der Waals surface area contributed by atoms with Crippen molar-refractivity contribution in [1.82, 2.24) is 10.4 Å². The van der Waals surface area contributed by atoms with E-state index in [1.54, 1.807) is 36.5 Å². The first-order valence-corrected chi connectivity index (χ1v) is 12.3. The van der Waals surface area contributed by atoms with Crippen LogP contribution in [0.2, 0.25) is 0 Å². The lowest BCUT2D eigenvalue weighted by Gasteiger charge is -2.14. The lowest BCUT2D eigenvalue weighted by atomic mass is 10.2. The summed E-state index contributed by atoms with van der Waals surface area (Å²) < 4.78 is 17.9. The van der Waals surface area contributed by atoms with Crippen LogP contribution < -0.4 is 19.6 Å². The van der Waals surface area contributed by atoms with Gasteiger partial charge in [0.05, 0.1) is 17.7 Å². The van der Waals surface area contributed by atoms with Gasteiger partial charge in [-0.25, -0.2) is 5.43 Å². The molecule has 10 nitrogen and oxygen atoms in total. The molecule has 194 valence electrons. The van der Waals surface area contributed by atoms with Gasteiger partial charge in [0, 0.05) is 33.8 Å².